The third-order valence-corrected chi connectivity index (χ3v) is 5.95. The molecule has 0 bridgehead atoms. The summed E-state index contributed by atoms with van der Waals surface area (Å²) < 4.78 is 4.42. The number of thioether (sulfide) groups is 1. The van der Waals surface area contributed by atoms with Crippen LogP contribution in [0.1, 0.15) is 38.3 Å². The van der Waals surface area contributed by atoms with E-state index in [9.17, 15) is 0 Å². The zero-order valence-electron chi connectivity index (χ0n) is 12.5. The normalized spacial score (nSPS) is 18.1. The molecular weight excluding hydrogens is 270 g/mol. The SMILES string of the molecule is CCc1nn(C)c2c1nc(N)n2CC1(SC)CCCC1. The standard InChI is InChI=1S/C14H23N5S/c1-4-10-11-12(18(2)17-10)19(13(15)16-11)9-14(20-3)7-5-6-8-14/h4-9H2,1-3H3,(H2,15,16). The van der Waals surface area contributed by atoms with Gasteiger partial charge < -0.3 is 5.73 Å². The minimum Gasteiger partial charge on any atom is -0.369 e. The zero-order valence-corrected chi connectivity index (χ0v) is 13.3. The molecular formula is C14H23N5S. The smallest absolute Gasteiger partial charge is 0.202 e. The number of fused-ring (bicyclic) bond motifs is 1. The Bertz CT molecular complexity index is 621. The largest absolute Gasteiger partial charge is 0.369 e. The van der Waals surface area contributed by atoms with E-state index in [1.807, 2.05) is 23.5 Å². The van der Waals surface area contributed by atoms with Gasteiger partial charge in [-0.25, -0.2) is 4.98 Å². The van der Waals surface area contributed by atoms with Crippen LogP contribution in [0.3, 0.4) is 0 Å². The first-order valence-electron chi connectivity index (χ1n) is 7.33. The second-order valence-corrected chi connectivity index (χ2v) is 7.02. The van der Waals surface area contributed by atoms with Crippen LogP contribution in [0.4, 0.5) is 5.95 Å². The molecule has 0 saturated heterocycles. The van der Waals surface area contributed by atoms with Gasteiger partial charge in [0.15, 0.2) is 5.65 Å². The Morgan fingerprint density at radius 3 is 2.65 bits per heavy atom. The fourth-order valence-electron chi connectivity index (χ4n) is 3.39. The van der Waals surface area contributed by atoms with Crippen molar-refractivity contribution in [3.8, 4) is 0 Å². The predicted molar refractivity (Wildman–Crippen MR) is 85.0 cm³/mol. The highest BCUT2D eigenvalue weighted by molar-refractivity contribution is 8.00. The van der Waals surface area contributed by atoms with Crippen molar-refractivity contribution in [3.63, 3.8) is 0 Å². The van der Waals surface area contributed by atoms with Crippen molar-refractivity contribution >= 4 is 28.9 Å². The molecule has 20 heavy (non-hydrogen) atoms. The Labute approximate surface area is 123 Å². The number of rotatable bonds is 4. The molecule has 1 aliphatic carbocycles. The molecule has 0 unspecified atom stereocenters. The maximum atomic E-state index is 6.18. The molecule has 0 spiro atoms. The van der Waals surface area contributed by atoms with Crippen LogP contribution in [0.2, 0.25) is 0 Å². The predicted octanol–water partition coefficient (Wildman–Crippen LogP) is 2.59. The van der Waals surface area contributed by atoms with E-state index >= 15 is 0 Å². The molecule has 110 valence electrons. The van der Waals surface area contributed by atoms with E-state index in [0.717, 1.165) is 29.8 Å². The van der Waals surface area contributed by atoms with E-state index in [1.54, 1.807) is 0 Å². The highest BCUT2D eigenvalue weighted by atomic mass is 32.2. The third kappa shape index (κ3) is 2.01. The van der Waals surface area contributed by atoms with Crippen molar-refractivity contribution in [1.29, 1.82) is 0 Å². The fourth-order valence-corrected chi connectivity index (χ4v) is 4.34. The number of nitrogen functional groups attached to an aromatic ring is 1. The van der Waals surface area contributed by atoms with Gasteiger partial charge >= 0.3 is 0 Å². The Kier molecular flexibility index (Phi) is 3.44. The molecule has 0 aromatic carbocycles. The highest BCUT2D eigenvalue weighted by Gasteiger charge is 2.35. The molecule has 6 heteroatoms. The van der Waals surface area contributed by atoms with Gasteiger partial charge in [0.1, 0.15) is 5.52 Å². The van der Waals surface area contributed by atoms with E-state index in [4.69, 9.17) is 5.73 Å². The average molecular weight is 293 g/mol. The number of hydrogen-bond acceptors (Lipinski definition) is 4. The minimum absolute atomic E-state index is 0.318. The van der Waals surface area contributed by atoms with Crippen LogP contribution < -0.4 is 5.73 Å². The Morgan fingerprint density at radius 1 is 1.35 bits per heavy atom. The maximum Gasteiger partial charge on any atom is 0.202 e. The number of nitrogens with two attached hydrogens (primary N) is 1. The van der Waals surface area contributed by atoms with Gasteiger partial charge in [-0.05, 0) is 25.5 Å². The number of anilines is 1. The number of nitrogens with zero attached hydrogens (tertiary/aromatic N) is 4. The van der Waals surface area contributed by atoms with Gasteiger partial charge in [-0.15, -0.1) is 0 Å². The molecule has 1 saturated carbocycles. The number of aromatic nitrogens is 4. The van der Waals surface area contributed by atoms with Gasteiger partial charge in [0.05, 0.1) is 5.69 Å². The van der Waals surface area contributed by atoms with Gasteiger partial charge in [-0.2, -0.15) is 16.9 Å². The van der Waals surface area contributed by atoms with Gasteiger partial charge in [-0.1, -0.05) is 19.8 Å². The topological polar surface area (TPSA) is 61.7 Å². The number of aryl methyl sites for hydroxylation is 2. The molecule has 1 fully saturated rings. The summed E-state index contributed by atoms with van der Waals surface area (Å²) in [6.45, 7) is 3.05. The molecule has 2 N–H and O–H groups in total. The molecule has 1 aliphatic rings. The summed E-state index contributed by atoms with van der Waals surface area (Å²) in [5, 5.41) is 4.56. The van der Waals surface area contributed by atoms with Crippen LogP contribution >= 0.6 is 11.8 Å². The molecule has 2 aromatic heterocycles. The van der Waals surface area contributed by atoms with Crippen molar-refractivity contribution in [2.24, 2.45) is 7.05 Å². The summed E-state index contributed by atoms with van der Waals surface area (Å²) in [5.74, 6) is 0.628. The Balaban J connectivity index is 2.07. The van der Waals surface area contributed by atoms with Crippen LogP contribution in [-0.4, -0.2) is 30.3 Å². The molecule has 2 aromatic rings. The summed E-state index contributed by atoms with van der Waals surface area (Å²) in [6, 6.07) is 0. The van der Waals surface area contributed by atoms with E-state index in [0.29, 0.717) is 10.7 Å². The Hall–Kier alpha value is -1.17. The van der Waals surface area contributed by atoms with Crippen LogP contribution in [0, 0.1) is 0 Å². The minimum atomic E-state index is 0.318. The fraction of sp³-hybridized carbons (Fsp3) is 0.714. The number of hydrogen-bond donors (Lipinski definition) is 1. The van der Waals surface area contributed by atoms with Crippen molar-refractivity contribution in [3.05, 3.63) is 5.69 Å². The molecule has 0 amide bonds. The first-order valence-corrected chi connectivity index (χ1v) is 8.55. The lowest BCUT2D eigenvalue weighted by Crippen LogP contribution is -2.28. The lowest BCUT2D eigenvalue weighted by molar-refractivity contribution is 0.511. The molecule has 0 atom stereocenters. The Morgan fingerprint density at radius 2 is 2.05 bits per heavy atom. The lowest BCUT2D eigenvalue weighted by atomic mass is 10.1. The second kappa shape index (κ2) is 4.98. The van der Waals surface area contributed by atoms with E-state index in [2.05, 4.69) is 27.8 Å². The first kappa shape index (κ1) is 13.8. The first-order chi connectivity index (χ1) is 9.60. The summed E-state index contributed by atoms with van der Waals surface area (Å²) in [7, 11) is 1.99. The lowest BCUT2D eigenvalue weighted by Gasteiger charge is -2.27. The quantitative estimate of drug-likeness (QED) is 0.941. The zero-order chi connectivity index (χ0) is 14.3. The average Bonchev–Trinajstić information content (AvgIpc) is 3.10. The van der Waals surface area contributed by atoms with Gasteiger partial charge in [-0.3, -0.25) is 9.25 Å². The number of imidazole rings is 1. The van der Waals surface area contributed by atoms with Crippen molar-refractivity contribution in [1.82, 2.24) is 19.3 Å². The van der Waals surface area contributed by atoms with E-state index in [1.165, 1.54) is 25.7 Å². The maximum absolute atomic E-state index is 6.18. The third-order valence-electron chi connectivity index (χ3n) is 4.55. The van der Waals surface area contributed by atoms with Crippen LogP contribution in [0.15, 0.2) is 0 Å². The van der Waals surface area contributed by atoms with Crippen molar-refractivity contribution < 1.29 is 0 Å². The molecule has 0 aliphatic heterocycles. The second-order valence-electron chi connectivity index (χ2n) is 5.75. The summed E-state index contributed by atoms with van der Waals surface area (Å²) in [6.07, 6.45) is 8.30. The van der Waals surface area contributed by atoms with Crippen molar-refractivity contribution in [2.45, 2.75) is 50.3 Å². The summed E-state index contributed by atoms with van der Waals surface area (Å²) >= 11 is 1.98. The summed E-state index contributed by atoms with van der Waals surface area (Å²) in [4.78, 5) is 4.56. The van der Waals surface area contributed by atoms with Crippen LogP contribution in [-0.2, 0) is 20.0 Å². The molecule has 0 radical (unpaired) electrons. The van der Waals surface area contributed by atoms with E-state index in [-0.39, 0.29) is 0 Å². The van der Waals surface area contributed by atoms with Crippen LogP contribution in [0.25, 0.3) is 11.2 Å². The molecule has 5 nitrogen and oxygen atoms in total. The molecule has 2 heterocycles. The van der Waals surface area contributed by atoms with Gasteiger partial charge in [0.2, 0.25) is 5.95 Å². The summed E-state index contributed by atoms with van der Waals surface area (Å²) in [5.41, 5.74) is 9.27. The van der Waals surface area contributed by atoms with Crippen LogP contribution in [0.5, 0.6) is 0 Å². The van der Waals surface area contributed by atoms with Crippen molar-refractivity contribution in [2.75, 3.05) is 12.0 Å². The van der Waals surface area contributed by atoms with E-state index < -0.39 is 0 Å². The highest BCUT2D eigenvalue weighted by Crippen LogP contribution is 2.42. The monoisotopic (exact) mass is 293 g/mol. The van der Waals surface area contributed by atoms with Gasteiger partial charge in [0.25, 0.3) is 0 Å². The van der Waals surface area contributed by atoms with Gasteiger partial charge in [0, 0.05) is 18.3 Å². The molecule has 3 rings (SSSR count).